The van der Waals surface area contributed by atoms with Crippen LogP contribution in [0.5, 0.6) is 0 Å². The SMILES string of the molecule is Cc1nc(C)c(-c2nnc(SCC(=O)N3CCN(CC(=O)Nc4ccc(F)cc4)CC3)o2)s1. The lowest BCUT2D eigenvalue weighted by Gasteiger charge is -2.34. The van der Waals surface area contributed by atoms with Crippen molar-refractivity contribution in [2.75, 3.05) is 43.8 Å². The summed E-state index contributed by atoms with van der Waals surface area (Å²) in [5.41, 5.74) is 1.40. The number of amides is 2. The predicted octanol–water partition coefficient (Wildman–Crippen LogP) is 2.82. The number of halogens is 1. The lowest BCUT2D eigenvalue weighted by molar-refractivity contribution is -0.130. The number of hydrogen-bond donors (Lipinski definition) is 1. The van der Waals surface area contributed by atoms with Crippen LogP contribution in [0.15, 0.2) is 33.9 Å². The lowest BCUT2D eigenvalue weighted by Crippen LogP contribution is -2.50. The molecule has 0 atom stereocenters. The van der Waals surface area contributed by atoms with Crippen LogP contribution >= 0.6 is 23.1 Å². The second-order valence-corrected chi connectivity index (χ2v) is 9.65. The Balaban J connectivity index is 1.20. The van der Waals surface area contributed by atoms with Gasteiger partial charge < -0.3 is 14.6 Å². The summed E-state index contributed by atoms with van der Waals surface area (Å²) in [6.07, 6.45) is 0. The molecule has 174 valence electrons. The highest BCUT2D eigenvalue weighted by Crippen LogP contribution is 2.30. The van der Waals surface area contributed by atoms with Crippen LogP contribution in [-0.4, -0.2) is 75.3 Å². The van der Waals surface area contributed by atoms with E-state index in [9.17, 15) is 14.0 Å². The fraction of sp³-hybridized carbons (Fsp3) is 0.381. The summed E-state index contributed by atoms with van der Waals surface area (Å²) in [7, 11) is 0. The number of thiazole rings is 1. The van der Waals surface area contributed by atoms with Gasteiger partial charge in [-0.25, -0.2) is 9.37 Å². The maximum atomic E-state index is 13.0. The van der Waals surface area contributed by atoms with Gasteiger partial charge in [0.1, 0.15) is 10.7 Å². The summed E-state index contributed by atoms with van der Waals surface area (Å²) in [4.78, 5) is 33.8. The van der Waals surface area contributed by atoms with Crippen LogP contribution in [0.1, 0.15) is 10.7 Å². The number of rotatable bonds is 7. The van der Waals surface area contributed by atoms with E-state index in [1.165, 1.54) is 47.4 Å². The maximum absolute atomic E-state index is 13.0. The molecule has 3 aromatic rings. The number of nitrogens with zero attached hydrogens (tertiary/aromatic N) is 5. The number of aryl methyl sites for hydroxylation is 2. The fourth-order valence-electron chi connectivity index (χ4n) is 3.40. The van der Waals surface area contributed by atoms with E-state index in [2.05, 4.69) is 20.5 Å². The maximum Gasteiger partial charge on any atom is 0.277 e. The van der Waals surface area contributed by atoms with Crippen molar-refractivity contribution in [3.63, 3.8) is 0 Å². The number of carbonyl (C=O) groups is 2. The molecule has 33 heavy (non-hydrogen) atoms. The molecular weight excluding hydrogens is 467 g/mol. The Morgan fingerprint density at radius 1 is 1.15 bits per heavy atom. The standard InChI is InChI=1S/C21H23FN6O3S2/c1-13-19(33-14(2)23-13)20-25-26-21(31-20)32-12-18(30)28-9-7-27(8-10-28)11-17(29)24-16-5-3-15(22)4-6-16/h3-6H,7-12H2,1-2H3,(H,24,29). The predicted molar refractivity (Wildman–Crippen MR) is 124 cm³/mol. The van der Waals surface area contributed by atoms with E-state index in [4.69, 9.17) is 4.42 Å². The van der Waals surface area contributed by atoms with Crippen LogP contribution in [0, 0.1) is 19.7 Å². The molecular formula is C21H23FN6O3S2. The number of thioether (sulfide) groups is 1. The molecule has 1 N–H and O–H groups in total. The van der Waals surface area contributed by atoms with E-state index in [0.717, 1.165) is 15.6 Å². The summed E-state index contributed by atoms with van der Waals surface area (Å²) in [5.74, 6) is 0.0838. The molecule has 1 fully saturated rings. The van der Waals surface area contributed by atoms with Gasteiger partial charge in [-0.2, -0.15) is 0 Å². The van der Waals surface area contributed by atoms with Crippen LogP contribution in [0.3, 0.4) is 0 Å². The summed E-state index contributed by atoms with van der Waals surface area (Å²) < 4.78 is 18.7. The Labute approximate surface area is 198 Å². The van der Waals surface area contributed by atoms with Gasteiger partial charge in [0.2, 0.25) is 11.8 Å². The molecule has 0 unspecified atom stereocenters. The molecule has 9 nitrogen and oxygen atoms in total. The first-order valence-corrected chi connectivity index (χ1v) is 12.1. The fourth-order valence-corrected chi connectivity index (χ4v) is 4.90. The van der Waals surface area contributed by atoms with Gasteiger partial charge in [-0.1, -0.05) is 11.8 Å². The van der Waals surface area contributed by atoms with Crippen LogP contribution in [0.2, 0.25) is 0 Å². The molecule has 1 aromatic carbocycles. The first-order valence-electron chi connectivity index (χ1n) is 10.3. The molecule has 3 heterocycles. The molecule has 2 aromatic heterocycles. The van der Waals surface area contributed by atoms with Crippen LogP contribution in [0.25, 0.3) is 10.8 Å². The van der Waals surface area contributed by atoms with Crippen molar-refractivity contribution < 1.29 is 18.4 Å². The first-order chi connectivity index (χ1) is 15.9. The van der Waals surface area contributed by atoms with E-state index in [0.29, 0.717) is 43.0 Å². The molecule has 0 saturated carbocycles. The van der Waals surface area contributed by atoms with Crippen molar-refractivity contribution in [1.82, 2.24) is 25.0 Å². The third-order valence-electron chi connectivity index (χ3n) is 5.04. The third-order valence-corrected chi connectivity index (χ3v) is 6.91. The molecule has 0 radical (unpaired) electrons. The monoisotopic (exact) mass is 490 g/mol. The zero-order chi connectivity index (χ0) is 23.4. The van der Waals surface area contributed by atoms with Crippen molar-refractivity contribution in [2.24, 2.45) is 0 Å². The number of carbonyl (C=O) groups excluding carboxylic acids is 2. The first kappa shape index (κ1) is 23.3. The Hall–Kier alpha value is -2.83. The average Bonchev–Trinajstić information content (AvgIpc) is 3.39. The second kappa shape index (κ2) is 10.4. The van der Waals surface area contributed by atoms with E-state index < -0.39 is 0 Å². The Morgan fingerprint density at radius 2 is 1.88 bits per heavy atom. The van der Waals surface area contributed by atoms with Gasteiger partial charge >= 0.3 is 0 Å². The third kappa shape index (κ3) is 6.15. The second-order valence-electron chi connectivity index (χ2n) is 7.52. The number of hydrogen-bond acceptors (Lipinski definition) is 9. The van der Waals surface area contributed by atoms with Crippen LogP contribution in [-0.2, 0) is 9.59 Å². The molecule has 1 saturated heterocycles. The number of nitrogens with one attached hydrogen (secondary N) is 1. The van der Waals surface area contributed by atoms with Crippen LogP contribution in [0.4, 0.5) is 10.1 Å². The van der Waals surface area contributed by atoms with Gasteiger partial charge in [-0.05, 0) is 38.1 Å². The van der Waals surface area contributed by atoms with Gasteiger partial charge in [-0.15, -0.1) is 21.5 Å². The summed E-state index contributed by atoms with van der Waals surface area (Å²) >= 11 is 2.71. The van der Waals surface area contributed by atoms with Gasteiger partial charge in [0.25, 0.3) is 11.1 Å². The Bertz CT molecular complexity index is 1130. The van der Waals surface area contributed by atoms with Crippen LogP contribution < -0.4 is 5.32 Å². The Kier molecular flexibility index (Phi) is 7.36. The largest absolute Gasteiger partial charge is 0.410 e. The minimum absolute atomic E-state index is 0.0139. The molecule has 1 aliphatic heterocycles. The number of benzene rings is 1. The topological polar surface area (TPSA) is 104 Å². The van der Waals surface area contributed by atoms with Gasteiger partial charge in [0.15, 0.2) is 0 Å². The highest BCUT2D eigenvalue weighted by Gasteiger charge is 2.23. The molecule has 4 rings (SSSR count). The zero-order valence-electron chi connectivity index (χ0n) is 18.2. The van der Waals surface area contributed by atoms with Crippen molar-refractivity contribution in [1.29, 1.82) is 0 Å². The van der Waals surface area contributed by atoms with E-state index in [1.54, 1.807) is 4.90 Å². The van der Waals surface area contributed by atoms with E-state index in [1.807, 2.05) is 18.7 Å². The zero-order valence-corrected chi connectivity index (χ0v) is 19.8. The number of piperazine rings is 1. The minimum Gasteiger partial charge on any atom is -0.410 e. The molecule has 0 bridgehead atoms. The molecule has 2 amide bonds. The smallest absolute Gasteiger partial charge is 0.277 e. The van der Waals surface area contributed by atoms with E-state index in [-0.39, 0.29) is 29.9 Å². The highest BCUT2D eigenvalue weighted by molar-refractivity contribution is 7.99. The van der Waals surface area contributed by atoms with Crippen molar-refractivity contribution in [2.45, 2.75) is 19.1 Å². The average molecular weight is 491 g/mol. The van der Waals surface area contributed by atoms with Gasteiger partial charge in [0.05, 0.1) is 23.0 Å². The highest BCUT2D eigenvalue weighted by atomic mass is 32.2. The van der Waals surface area contributed by atoms with Gasteiger partial charge in [-0.3, -0.25) is 14.5 Å². The minimum atomic E-state index is -0.350. The molecule has 12 heteroatoms. The van der Waals surface area contributed by atoms with Gasteiger partial charge in [0, 0.05) is 31.9 Å². The summed E-state index contributed by atoms with van der Waals surface area (Å²) in [6.45, 7) is 6.31. The Morgan fingerprint density at radius 3 is 2.55 bits per heavy atom. The normalized spacial score (nSPS) is 14.5. The molecule has 1 aliphatic rings. The van der Waals surface area contributed by atoms with E-state index >= 15 is 0 Å². The number of anilines is 1. The van der Waals surface area contributed by atoms with Crippen molar-refractivity contribution in [3.05, 3.63) is 40.8 Å². The number of aromatic nitrogens is 3. The summed E-state index contributed by atoms with van der Waals surface area (Å²) in [6, 6.07) is 5.64. The lowest BCUT2D eigenvalue weighted by atomic mass is 10.3. The quantitative estimate of drug-likeness (QED) is 0.504. The van der Waals surface area contributed by atoms with Crippen molar-refractivity contribution >= 4 is 40.6 Å². The molecule has 0 aliphatic carbocycles. The summed E-state index contributed by atoms with van der Waals surface area (Å²) in [5, 5.41) is 12.1. The molecule has 0 spiro atoms. The van der Waals surface area contributed by atoms with Crippen molar-refractivity contribution in [3.8, 4) is 10.8 Å².